The Balaban J connectivity index is 1.74. The monoisotopic (exact) mass is 497 g/mol. The average Bonchev–Trinajstić information content (AvgIpc) is 2.85. The molecule has 2 aromatic heterocycles. The number of anilines is 1. The van der Waals surface area contributed by atoms with E-state index in [1.807, 2.05) is 30.3 Å². The molecular weight excluding hydrogens is 478 g/mol. The molecule has 0 aliphatic carbocycles. The molecule has 174 valence electrons. The summed E-state index contributed by atoms with van der Waals surface area (Å²) in [6.45, 7) is 0. The van der Waals surface area contributed by atoms with Gasteiger partial charge in [0, 0.05) is 24.7 Å². The second-order valence-corrected chi connectivity index (χ2v) is 8.70. The van der Waals surface area contributed by atoms with Gasteiger partial charge in [0.2, 0.25) is 5.91 Å². The molecule has 4 aromatic rings. The maximum atomic E-state index is 13.0. The fourth-order valence-corrected chi connectivity index (χ4v) is 4.33. The Kier molecular flexibility index (Phi) is 6.71. The number of hydrogen-bond acceptors (Lipinski definition) is 7. The Labute approximate surface area is 203 Å². The zero-order valence-corrected chi connectivity index (χ0v) is 20.1. The number of carbonyl (C=O) groups excluding carboxylic acids is 1. The van der Waals surface area contributed by atoms with Crippen LogP contribution in [0, 0.1) is 0 Å². The molecule has 0 unspecified atom stereocenters. The van der Waals surface area contributed by atoms with Gasteiger partial charge in [0.25, 0.3) is 5.56 Å². The number of fused-ring (bicyclic) bond motifs is 1. The molecule has 0 aliphatic rings. The second-order valence-electron chi connectivity index (χ2n) is 7.30. The summed E-state index contributed by atoms with van der Waals surface area (Å²) in [5.74, 6) is 0.406. The topological polar surface area (TPSA) is 108 Å². The number of carbonyl (C=O) groups is 1. The van der Waals surface area contributed by atoms with Gasteiger partial charge < -0.3 is 10.1 Å². The van der Waals surface area contributed by atoms with Crippen LogP contribution in [-0.2, 0) is 18.9 Å². The minimum absolute atomic E-state index is 0.0536. The number of thioether (sulfide) groups is 1. The predicted molar refractivity (Wildman–Crippen MR) is 133 cm³/mol. The number of amides is 1. The van der Waals surface area contributed by atoms with E-state index >= 15 is 0 Å². The van der Waals surface area contributed by atoms with Crippen molar-refractivity contribution >= 4 is 46.0 Å². The summed E-state index contributed by atoms with van der Waals surface area (Å²) in [6.07, 6.45) is 0. The summed E-state index contributed by atoms with van der Waals surface area (Å²) in [5, 5.41) is 3.68. The van der Waals surface area contributed by atoms with Gasteiger partial charge in [0.15, 0.2) is 11.5 Å². The average molecular weight is 498 g/mol. The van der Waals surface area contributed by atoms with Crippen molar-refractivity contribution in [3.63, 3.8) is 0 Å². The van der Waals surface area contributed by atoms with Crippen molar-refractivity contribution in [1.82, 2.24) is 19.1 Å². The van der Waals surface area contributed by atoms with Gasteiger partial charge in [0.05, 0.1) is 18.6 Å². The van der Waals surface area contributed by atoms with Crippen LogP contribution in [-0.4, -0.2) is 37.9 Å². The zero-order chi connectivity index (χ0) is 24.4. The van der Waals surface area contributed by atoms with Crippen LogP contribution >= 0.6 is 23.4 Å². The number of aryl methyl sites for hydroxylation is 1. The summed E-state index contributed by atoms with van der Waals surface area (Å²) in [7, 11) is 4.42. The van der Waals surface area contributed by atoms with Crippen molar-refractivity contribution in [2.75, 3.05) is 18.2 Å². The molecule has 0 atom stereocenters. The van der Waals surface area contributed by atoms with Crippen LogP contribution in [0.3, 0.4) is 0 Å². The van der Waals surface area contributed by atoms with Gasteiger partial charge in [-0.05, 0) is 18.2 Å². The van der Waals surface area contributed by atoms with E-state index in [4.69, 9.17) is 16.3 Å². The molecule has 4 rings (SSSR count). The third-order valence-electron chi connectivity index (χ3n) is 5.07. The van der Waals surface area contributed by atoms with Gasteiger partial charge in [-0.15, -0.1) is 0 Å². The highest BCUT2D eigenvalue weighted by atomic mass is 35.5. The summed E-state index contributed by atoms with van der Waals surface area (Å²) in [6, 6.07) is 14.1. The molecule has 2 aromatic carbocycles. The molecule has 1 amide bonds. The van der Waals surface area contributed by atoms with Crippen LogP contribution in [0.15, 0.2) is 63.1 Å². The van der Waals surface area contributed by atoms with Crippen molar-refractivity contribution in [2.45, 2.75) is 5.03 Å². The van der Waals surface area contributed by atoms with E-state index in [9.17, 15) is 14.4 Å². The summed E-state index contributed by atoms with van der Waals surface area (Å²) in [4.78, 5) is 47.2. The first-order valence-corrected chi connectivity index (χ1v) is 11.5. The number of rotatable bonds is 6. The van der Waals surface area contributed by atoms with Crippen LogP contribution in [0.2, 0.25) is 5.02 Å². The largest absolute Gasteiger partial charge is 0.495 e. The van der Waals surface area contributed by atoms with Crippen LogP contribution in [0.4, 0.5) is 5.69 Å². The fourth-order valence-electron chi connectivity index (χ4n) is 3.35. The minimum Gasteiger partial charge on any atom is -0.495 e. The Morgan fingerprint density at radius 2 is 1.82 bits per heavy atom. The number of hydrogen-bond donors (Lipinski definition) is 1. The van der Waals surface area contributed by atoms with Crippen LogP contribution in [0.1, 0.15) is 0 Å². The first-order valence-electron chi connectivity index (χ1n) is 10.1. The lowest BCUT2D eigenvalue weighted by Gasteiger charge is -2.13. The van der Waals surface area contributed by atoms with E-state index in [2.05, 4.69) is 15.3 Å². The molecular formula is C23H20ClN5O4S. The molecule has 1 N–H and O–H groups in total. The first kappa shape index (κ1) is 23.5. The van der Waals surface area contributed by atoms with E-state index in [0.717, 1.165) is 16.3 Å². The maximum Gasteiger partial charge on any atom is 0.332 e. The van der Waals surface area contributed by atoms with E-state index in [-0.39, 0.29) is 22.7 Å². The van der Waals surface area contributed by atoms with Crippen molar-refractivity contribution < 1.29 is 9.53 Å². The molecule has 0 aliphatic heterocycles. The first-order chi connectivity index (χ1) is 16.3. The highest BCUT2D eigenvalue weighted by molar-refractivity contribution is 8.00. The Bertz CT molecular complexity index is 1520. The number of methoxy groups -OCH3 is 1. The summed E-state index contributed by atoms with van der Waals surface area (Å²) in [5.41, 5.74) is 0.305. The third-order valence-corrected chi connectivity index (χ3v) is 6.28. The number of aromatic nitrogens is 4. The lowest BCUT2D eigenvalue weighted by molar-refractivity contribution is -0.113. The van der Waals surface area contributed by atoms with Crippen LogP contribution in [0.25, 0.3) is 22.4 Å². The highest BCUT2D eigenvalue weighted by Crippen LogP contribution is 2.29. The molecule has 0 bridgehead atoms. The maximum absolute atomic E-state index is 13.0. The summed E-state index contributed by atoms with van der Waals surface area (Å²) >= 11 is 7.11. The molecule has 0 radical (unpaired) electrons. The van der Waals surface area contributed by atoms with E-state index in [1.54, 1.807) is 25.2 Å². The number of ether oxygens (including phenoxy) is 1. The molecule has 0 saturated carbocycles. The van der Waals surface area contributed by atoms with E-state index in [1.165, 1.54) is 18.7 Å². The van der Waals surface area contributed by atoms with E-state index < -0.39 is 11.2 Å². The van der Waals surface area contributed by atoms with Crippen LogP contribution in [0.5, 0.6) is 5.75 Å². The quantitative estimate of drug-likeness (QED) is 0.322. The SMILES string of the molecule is COc1ccc(Cl)cc1NC(=O)CSc1nc(-c2ccccc2)nc2c1c(=O)n(C)c(=O)n2C. The van der Waals surface area contributed by atoms with Gasteiger partial charge in [-0.1, -0.05) is 53.7 Å². The minimum atomic E-state index is -0.530. The van der Waals surface area contributed by atoms with Gasteiger partial charge in [-0.3, -0.25) is 18.7 Å². The highest BCUT2D eigenvalue weighted by Gasteiger charge is 2.19. The van der Waals surface area contributed by atoms with E-state index in [0.29, 0.717) is 32.9 Å². The molecule has 0 fully saturated rings. The number of nitrogens with zero attached hydrogens (tertiary/aromatic N) is 4. The number of benzene rings is 2. The second kappa shape index (κ2) is 9.70. The number of halogens is 1. The van der Waals surface area contributed by atoms with Crippen LogP contribution < -0.4 is 21.3 Å². The van der Waals surface area contributed by atoms with Gasteiger partial charge in [0.1, 0.15) is 16.2 Å². The number of nitrogens with one attached hydrogen (secondary N) is 1. The molecule has 34 heavy (non-hydrogen) atoms. The molecule has 0 saturated heterocycles. The Morgan fingerprint density at radius 1 is 1.09 bits per heavy atom. The van der Waals surface area contributed by atoms with Crippen molar-refractivity contribution in [1.29, 1.82) is 0 Å². The predicted octanol–water partition coefficient (Wildman–Crippen LogP) is 3.09. The molecule has 0 spiro atoms. The van der Waals surface area contributed by atoms with Gasteiger partial charge in [-0.2, -0.15) is 0 Å². The Morgan fingerprint density at radius 3 is 2.53 bits per heavy atom. The molecule has 11 heteroatoms. The summed E-state index contributed by atoms with van der Waals surface area (Å²) < 4.78 is 7.55. The molecule has 9 nitrogen and oxygen atoms in total. The lowest BCUT2D eigenvalue weighted by atomic mass is 10.2. The smallest absolute Gasteiger partial charge is 0.332 e. The normalized spacial score (nSPS) is 10.9. The van der Waals surface area contributed by atoms with Crippen molar-refractivity contribution in [2.24, 2.45) is 14.1 Å². The Hall–Kier alpha value is -3.63. The van der Waals surface area contributed by atoms with Gasteiger partial charge >= 0.3 is 5.69 Å². The molecule has 2 heterocycles. The van der Waals surface area contributed by atoms with Crippen molar-refractivity contribution in [3.8, 4) is 17.1 Å². The van der Waals surface area contributed by atoms with Crippen molar-refractivity contribution in [3.05, 3.63) is 74.4 Å². The third kappa shape index (κ3) is 4.55. The zero-order valence-electron chi connectivity index (χ0n) is 18.5. The van der Waals surface area contributed by atoms with Gasteiger partial charge in [-0.25, -0.2) is 14.8 Å². The fraction of sp³-hybridized carbons (Fsp3) is 0.174. The standard InChI is InChI=1S/C23H20ClN5O4S/c1-28-20-18(22(31)29(2)23(28)32)21(27-19(26-20)13-7-5-4-6-8-13)34-12-17(30)25-15-11-14(24)9-10-16(15)33-3/h4-11H,12H2,1-3H3,(H,25,30). The lowest BCUT2D eigenvalue weighted by Crippen LogP contribution is -2.37.